The topological polar surface area (TPSA) is 75.4 Å². The van der Waals surface area contributed by atoms with Crippen LogP contribution in [0.25, 0.3) is 17.5 Å². The molecule has 2 aromatic heterocycles. The van der Waals surface area contributed by atoms with Crippen LogP contribution in [0.2, 0.25) is 5.02 Å². The lowest BCUT2D eigenvalue weighted by atomic mass is 10.1. The summed E-state index contributed by atoms with van der Waals surface area (Å²) in [6.07, 6.45) is 7.28. The molecule has 1 aliphatic carbocycles. The SMILES string of the molecule is CN(C)[C@H]1CCN(C(=O)c2nc(-c3cnc4c(c3Cl)C=CC4)no2)C1. The second-order valence-corrected chi connectivity index (χ2v) is 6.91. The van der Waals surface area contributed by atoms with Crippen molar-refractivity contribution in [1.82, 2.24) is 24.9 Å². The normalized spacial score (nSPS) is 19.0. The second kappa shape index (κ2) is 6.24. The molecule has 1 saturated heterocycles. The van der Waals surface area contributed by atoms with Crippen LogP contribution in [-0.2, 0) is 6.42 Å². The lowest BCUT2D eigenvalue weighted by Crippen LogP contribution is -2.34. The molecule has 4 rings (SSSR count). The molecule has 1 atom stereocenters. The third kappa shape index (κ3) is 2.83. The van der Waals surface area contributed by atoms with E-state index in [1.807, 2.05) is 26.2 Å². The zero-order chi connectivity index (χ0) is 17.6. The van der Waals surface area contributed by atoms with Crippen LogP contribution in [0.5, 0.6) is 0 Å². The number of likely N-dealkylation sites (N-methyl/N-ethyl adjacent to an activating group) is 1. The molecule has 0 bridgehead atoms. The molecule has 130 valence electrons. The van der Waals surface area contributed by atoms with Gasteiger partial charge in [0.25, 0.3) is 0 Å². The fourth-order valence-corrected chi connectivity index (χ4v) is 3.52. The van der Waals surface area contributed by atoms with Crippen molar-refractivity contribution in [3.05, 3.63) is 34.4 Å². The molecule has 3 heterocycles. The van der Waals surface area contributed by atoms with E-state index in [2.05, 4.69) is 20.0 Å². The van der Waals surface area contributed by atoms with E-state index in [9.17, 15) is 4.79 Å². The minimum absolute atomic E-state index is 0.0125. The Kier molecular flexibility index (Phi) is 4.05. The number of nitrogens with zero attached hydrogens (tertiary/aromatic N) is 5. The lowest BCUT2D eigenvalue weighted by Gasteiger charge is -2.19. The van der Waals surface area contributed by atoms with Gasteiger partial charge in [0.05, 0.1) is 16.3 Å². The molecule has 8 heteroatoms. The van der Waals surface area contributed by atoms with Gasteiger partial charge in [0, 0.05) is 37.3 Å². The zero-order valence-electron chi connectivity index (χ0n) is 14.1. The summed E-state index contributed by atoms with van der Waals surface area (Å²) in [6, 6.07) is 0.355. The lowest BCUT2D eigenvalue weighted by molar-refractivity contribution is 0.0733. The molecular formula is C17H18ClN5O2. The fourth-order valence-electron chi connectivity index (χ4n) is 3.22. The first-order valence-corrected chi connectivity index (χ1v) is 8.56. The van der Waals surface area contributed by atoms with Crippen LogP contribution in [0.1, 0.15) is 28.4 Å². The van der Waals surface area contributed by atoms with Gasteiger partial charge in [0.1, 0.15) is 0 Å². The van der Waals surface area contributed by atoms with Crippen molar-refractivity contribution in [3.8, 4) is 11.4 Å². The number of carbonyl (C=O) groups is 1. The largest absolute Gasteiger partial charge is 0.333 e. The molecule has 1 aliphatic heterocycles. The molecule has 0 aromatic carbocycles. The fraction of sp³-hybridized carbons (Fsp3) is 0.412. The van der Waals surface area contributed by atoms with Gasteiger partial charge in [0.2, 0.25) is 5.82 Å². The van der Waals surface area contributed by atoms with Crippen LogP contribution in [0.3, 0.4) is 0 Å². The number of pyridine rings is 1. The Morgan fingerprint density at radius 3 is 3.04 bits per heavy atom. The standard InChI is InChI=1S/C17H18ClN5O2/c1-22(2)10-6-7-23(9-10)17(24)16-20-15(21-25-16)12-8-19-13-5-3-4-11(13)14(12)18/h3-4,8,10H,5-7,9H2,1-2H3/t10-/m0/s1. The van der Waals surface area contributed by atoms with E-state index in [1.54, 1.807) is 11.1 Å². The summed E-state index contributed by atoms with van der Waals surface area (Å²) in [5.74, 6) is 0.0297. The summed E-state index contributed by atoms with van der Waals surface area (Å²) in [5.41, 5.74) is 2.38. The predicted octanol–water partition coefficient (Wildman–Crippen LogP) is 2.13. The van der Waals surface area contributed by atoms with Crippen LogP contribution in [0, 0.1) is 0 Å². The smallest absolute Gasteiger partial charge is 0.316 e. The van der Waals surface area contributed by atoms with E-state index in [-0.39, 0.29) is 17.6 Å². The van der Waals surface area contributed by atoms with Crippen molar-refractivity contribution < 1.29 is 9.32 Å². The van der Waals surface area contributed by atoms with Gasteiger partial charge < -0.3 is 14.3 Å². The van der Waals surface area contributed by atoms with Crippen LogP contribution in [0.15, 0.2) is 16.8 Å². The van der Waals surface area contributed by atoms with Crippen LogP contribution in [0.4, 0.5) is 0 Å². The summed E-state index contributed by atoms with van der Waals surface area (Å²) < 4.78 is 5.19. The van der Waals surface area contributed by atoms with E-state index in [1.165, 1.54) is 0 Å². The number of allylic oxidation sites excluding steroid dienone is 1. The molecule has 7 nitrogen and oxygen atoms in total. The third-order valence-corrected chi connectivity index (χ3v) is 5.17. The quantitative estimate of drug-likeness (QED) is 0.835. The number of fused-ring (bicyclic) bond motifs is 1. The Morgan fingerprint density at radius 2 is 2.28 bits per heavy atom. The van der Waals surface area contributed by atoms with Crippen molar-refractivity contribution in [2.75, 3.05) is 27.2 Å². The first-order chi connectivity index (χ1) is 12.0. The highest BCUT2D eigenvalue weighted by Crippen LogP contribution is 2.33. The average Bonchev–Trinajstić information content (AvgIpc) is 3.34. The van der Waals surface area contributed by atoms with Gasteiger partial charge in [-0.05, 0) is 20.5 Å². The molecule has 25 heavy (non-hydrogen) atoms. The van der Waals surface area contributed by atoms with Crippen molar-refractivity contribution in [2.24, 2.45) is 0 Å². The highest BCUT2D eigenvalue weighted by Gasteiger charge is 2.31. The van der Waals surface area contributed by atoms with Crippen molar-refractivity contribution in [1.29, 1.82) is 0 Å². The summed E-state index contributed by atoms with van der Waals surface area (Å²) in [4.78, 5) is 25.1. The average molecular weight is 360 g/mol. The van der Waals surface area contributed by atoms with Gasteiger partial charge in [-0.25, -0.2) is 0 Å². The number of carbonyl (C=O) groups excluding carboxylic acids is 1. The van der Waals surface area contributed by atoms with Crippen molar-refractivity contribution in [2.45, 2.75) is 18.9 Å². The molecule has 2 aliphatic rings. The van der Waals surface area contributed by atoms with Gasteiger partial charge in [0.15, 0.2) is 0 Å². The molecule has 2 aromatic rings. The van der Waals surface area contributed by atoms with E-state index in [4.69, 9.17) is 16.1 Å². The summed E-state index contributed by atoms with van der Waals surface area (Å²) in [6.45, 7) is 1.35. The maximum atomic E-state index is 12.6. The predicted molar refractivity (Wildman–Crippen MR) is 93.3 cm³/mol. The maximum absolute atomic E-state index is 12.6. The first-order valence-electron chi connectivity index (χ1n) is 8.18. The molecule has 1 amide bonds. The molecule has 0 unspecified atom stereocenters. The van der Waals surface area contributed by atoms with Crippen LogP contribution >= 0.6 is 11.6 Å². The van der Waals surface area contributed by atoms with Gasteiger partial charge in [-0.2, -0.15) is 4.98 Å². The number of aromatic nitrogens is 3. The monoisotopic (exact) mass is 359 g/mol. The summed E-state index contributed by atoms with van der Waals surface area (Å²) in [7, 11) is 4.03. The Labute approximate surface area is 150 Å². The van der Waals surface area contributed by atoms with Crippen molar-refractivity contribution >= 4 is 23.6 Å². The number of rotatable bonds is 3. The van der Waals surface area contributed by atoms with Gasteiger partial charge in [-0.15, -0.1) is 0 Å². The number of amides is 1. The maximum Gasteiger partial charge on any atom is 0.316 e. The molecule has 0 spiro atoms. The number of halogens is 1. The highest BCUT2D eigenvalue weighted by molar-refractivity contribution is 6.34. The zero-order valence-corrected chi connectivity index (χ0v) is 14.8. The Balaban J connectivity index is 1.57. The highest BCUT2D eigenvalue weighted by atomic mass is 35.5. The van der Waals surface area contributed by atoms with Gasteiger partial charge in [-0.1, -0.05) is 28.9 Å². The number of hydrogen-bond acceptors (Lipinski definition) is 6. The van der Waals surface area contributed by atoms with Gasteiger partial charge >= 0.3 is 11.8 Å². The Hall–Kier alpha value is -2.25. The van der Waals surface area contributed by atoms with E-state index in [0.29, 0.717) is 29.7 Å². The first kappa shape index (κ1) is 16.2. The molecule has 0 saturated carbocycles. The van der Waals surface area contributed by atoms with E-state index >= 15 is 0 Å². The summed E-state index contributed by atoms with van der Waals surface area (Å²) in [5, 5.41) is 4.46. The molecule has 0 N–H and O–H groups in total. The number of hydrogen-bond donors (Lipinski definition) is 0. The van der Waals surface area contributed by atoms with Gasteiger partial charge in [-0.3, -0.25) is 9.78 Å². The molecule has 0 radical (unpaired) electrons. The molecular weight excluding hydrogens is 342 g/mol. The second-order valence-electron chi connectivity index (χ2n) is 6.53. The van der Waals surface area contributed by atoms with Crippen molar-refractivity contribution in [3.63, 3.8) is 0 Å². The van der Waals surface area contributed by atoms with Crippen LogP contribution in [-0.4, -0.2) is 64.1 Å². The minimum atomic E-state index is -0.242. The van der Waals surface area contributed by atoms with Crippen LogP contribution < -0.4 is 0 Å². The Bertz CT molecular complexity index is 861. The minimum Gasteiger partial charge on any atom is -0.333 e. The van der Waals surface area contributed by atoms with E-state index in [0.717, 1.165) is 24.1 Å². The molecule has 1 fully saturated rings. The number of likely N-dealkylation sites (tertiary alicyclic amines) is 1. The summed E-state index contributed by atoms with van der Waals surface area (Å²) >= 11 is 6.44. The van der Waals surface area contributed by atoms with E-state index < -0.39 is 0 Å². The Morgan fingerprint density at radius 1 is 1.44 bits per heavy atom. The third-order valence-electron chi connectivity index (χ3n) is 4.76.